The molecule has 0 aliphatic carbocycles. The van der Waals surface area contributed by atoms with Gasteiger partial charge in [0.2, 0.25) is 0 Å². The van der Waals surface area contributed by atoms with Gasteiger partial charge in [0.1, 0.15) is 5.60 Å². The predicted octanol–water partition coefficient (Wildman–Crippen LogP) is 4.30. The molecule has 0 bridgehead atoms. The molecule has 0 fully saturated rings. The zero-order valence-electron chi connectivity index (χ0n) is 13.8. The second-order valence-corrected chi connectivity index (χ2v) is 5.62. The summed E-state index contributed by atoms with van der Waals surface area (Å²) in [6.45, 7) is 12.7. The molecule has 0 unspecified atom stereocenters. The van der Waals surface area contributed by atoms with Crippen LogP contribution in [0.3, 0.4) is 0 Å². The molecule has 3 heteroatoms. The number of hydrogen-bond acceptors (Lipinski definition) is 3. The van der Waals surface area contributed by atoms with Gasteiger partial charge in [-0.25, -0.2) is 4.79 Å². The smallest absolute Gasteiger partial charge is 0.335 e. The minimum atomic E-state index is -0.452. The number of benzene rings is 1. The van der Waals surface area contributed by atoms with Gasteiger partial charge in [0.05, 0.1) is 5.57 Å². The number of esters is 1. The Labute approximate surface area is 128 Å². The van der Waals surface area contributed by atoms with Crippen LogP contribution < -0.4 is 5.73 Å². The first-order valence-electron chi connectivity index (χ1n) is 7.07. The summed E-state index contributed by atoms with van der Waals surface area (Å²) in [7, 11) is 0. The van der Waals surface area contributed by atoms with Crippen molar-refractivity contribution >= 4 is 12.0 Å². The molecular weight excluding hydrogens is 262 g/mol. The van der Waals surface area contributed by atoms with E-state index in [0.717, 1.165) is 0 Å². The second kappa shape index (κ2) is 9.01. The molecule has 0 amide bonds. The van der Waals surface area contributed by atoms with Crippen LogP contribution in [0.2, 0.25) is 0 Å². The summed E-state index contributed by atoms with van der Waals surface area (Å²) in [5, 5.41) is 0. The zero-order chi connectivity index (χ0) is 16.5. The van der Waals surface area contributed by atoms with Crippen molar-refractivity contribution in [3.8, 4) is 0 Å². The summed E-state index contributed by atoms with van der Waals surface area (Å²) in [6, 6.07) is 10.0. The number of nitrogens with two attached hydrogens (primary N) is 1. The Hall–Kier alpha value is -2.03. The number of allylic oxidation sites excluding steroid dienone is 1. The number of ether oxygens (including phenoxy) is 1. The predicted molar refractivity (Wildman–Crippen MR) is 89.6 cm³/mol. The molecule has 0 aliphatic rings. The quantitative estimate of drug-likeness (QED) is 0.666. The fraction of sp³-hybridized carbons (Fsp3) is 0.389. The topological polar surface area (TPSA) is 52.3 Å². The van der Waals surface area contributed by atoms with Crippen molar-refractivity contribution in [1.82, 2.24) is 0 Å². The first kappa shape index (κ1) is 19.0. The summed E-state index contributed by atoms with van der Waals surface area (Å²) in [5.74, 6) is -0.327. The first-order chi connectivity index (χ1) is 9.71. The monoisotopic (exact) mass is 289 g/mol. The van der Waals surface area contributed by atoms with Gasteiger partial charge in [0.25, 0.3) is 0 Å². The van der Waals surface area contributed by atoms with E-state index in [1.807, 2.05) is 64.1 Å². The third-order valence-electron chi connectivity index (χ3n) is 2.60. The van der Waals surface area contributed by atoms with Crippen molar-refractivity contribution in [2.75, 3.05) is 0 Å². The SMILES string of the molecule is C=Cc1ccccc1.CCC(N)=C(C)C(=O)OC(C)(C)C. The largest absolute Gasteiger partial charge is 0.457 e. The van der Waals surface area contributed by atoms with Gasteiger partial charge in [-0.15, -0.1) is 0 Å². The summed E-state index contributed by atoms with van der Waals surface area (Å²) >= 11 is 0. The molecule has 0 aromatic heterocycles. The summed E-state index contributed by atoms with van der Waals surface area (Å²) < 4.78 is 5.15. The Balaban J connectivity index is 0.000000423. The number of carbonyl (C=O) groups excluding carboxylic acids is 1. The van der Waals surface area contributed by atoms with Crippen molar-refractivity contribution in [1.29, 1.82) is 0 Å². The lowest BCUT2D eigenvalue weighted by molar-refractivity contribution is -0.149. The van der Waals surface area contributed by atoms with E-state index in [0.29, 0.717) is 17.7 Å². The molecule has 0 saturated carbocycles. The van der Waals surface area contributed by atoms with Crippen molar-refractivity contribution < 1.29 is 9.53 Å². The molecule has 116 valence electrons. The van der Waals surface area contributed by atoms with Crippen LogP contribution in [0.4, 0.5) is 0 Å². The van der Waals surface area contributed by atoms with Crippen molar-refractivity contribution in [3.63, 3.8) is 0 Å². The van der Waals surface area contributed by atoms with Crippen LogP contribution in [0.25, 0.3) is 6.08 Å². The van der Waals surface area contributed by atoms with E-state index in [1.165, 1.54) is 5.56 Å². The Bertz CT molecular complexity index is 482. The number of carbonyl (C=O) groups is 1. The lowest BCUT2D eigenvalue weighted by Crippen LogP contribution is -2.25. The second-order valence-electron chi connectivity index (χ2n) is 5.62. The molecule has 1 aromatic rings. The van der Waals surface area contributed by atoms with Crippen molar-refractivity contribution in [2.45, 2.75) is 46.6 Å². The van der Waals surface area contributed by atoms with E-state index in [-0.39, 0.29) is 5.97 Å². The van der Waals surface area contributed by atoms with Gasteiger partial charge < -0.3 is 10.5 Å². The van der Waals surface area contributed by atoms with Crippen LogP contribution in [0, 0.1) is 0 Å². The lowest BCUT2D eigenvalue weighted by Gasteiger charge is -2.20. The van der Waals surface area contributed by atoms with Gasteiger partial charge in [-0.1, -0.05) is 49.9 Å². The molecule has 0 spiro atoms. The van der Waals surface area contributed by atoms with E-state index in [2.05, 4.69) is 6.58 Å². The third-order valence-corrected chi connectivity index (χ3v) is 2.60. The van der Waals surface area contributed by atoms with E-state index in [9.17, 15) is 4.79 Å². The normalized spacial score (nSPS) is 11.7. The van der Waals surface area contributed by atoms with Crippen LogP contribution in [0.1, 0.15) is 46.6 Å². The van der Waals surface area contributed by atoms with Gasteiger partial charge in [0.15, 0.2) is 0 Å². The van der Waals surface area contributed by atoms with Gasteiger partial charge in [-0.2, -0.15) is 0 Å². The van der Waals surface area contributed by atoms with Crippen molar-refractivity contribution in [3.05, 3.63) is 53.7 Å². The van der Waals surface area contributed by atoms with Gasteiger partial charge in [-0.05, 0) is 39.7 Å². The molecule has 0 atom stereocenters. The molecule has 1 rings (SSSR count). The maximum absolute atomic E-state index is 11.4. The Kier molecular flexibility index (Phi) is 8.14. The molecule has 0 aliphatic heterocycles. The van der Waals surface area contributed by atoms with E-state index in [1.54, 1.807) is 6.92 Å². The standard InChI is InChI=1S/C10H19NO2.C8H8/c1-6-8(11)7(2)9(12)13-10(3,4)5;1-2-8-6-4-3-5-7-8/h6,11H2,1-5H3;2-7H,1H2. The fourth-order valence-electron chi connectivity index (χ4n) is 1.34. The highest BCUT2D eigenvalue weighted by Crippen LogP contribution is 2.12. The van der Waals surface area contributed by atoms with Crippen LogP contribution in [-0.4, -0.2) is 11.6 Å². The maximum atomic E-state index is 11.4. The summed E-state index contributed by atoms with van der Waals surface area (Å²) in [4.78, 5) is 11.4. The summed E-state index contributed by atoms with van der Waals surface area (Å²) in [5.41, 5.74) is 7.44. The number of hydrogen-bond donors (Lipinski definition) is 1. The molecule has 0 heterocycles. The Morgan fingerprint density at radius 2 is 1.81 bits per heavy atom. The van der Waals surface area contributed by atoms with Crippen LogP contribution in [0.5, 0.6) is 0 Å². The highest BCUT2D eigenvalue weighted by atomic mass is 16.6. The molecule has 0 radical (unpaired) electrons. The maximum Gasteiger partial charge on any atom is 0.335 e. The highest BCUT2D eigenvalue weighted by molar-refractivity contribution is 5.88. The van der Waals surface area contributed by atoms with E-state index in [4.69, 9.17) is 10.5 Å². The Morgan fingerprint density at radius 1 is 1.29 bits per heavy atom. The zero-order valence-corrected chi connectivity index (χ0v) is 13.8. The minimum absolute atomic E-state index is 0.327. The van der Waals surface area contributed by atoms with Crippen LogP contribution in [0.15, 0.2) is 48.2 Å². The molecule has 2 N–H and O–H groups in total. The van der Waals surface area contributed by atoms with E-state index >= 15 is 0 Å². The van der Waals surface area contributed by atoms with Gasteiger partial charge in [-0.3, -0.25) is 0 Å². The molecule has 3 nitrogen and oxygen atoms in total. The third kappa shape index (κ3) is 8.69. The highest BCUT2D eigenvalue weighted by Gasteiger charge is 2.18. The van der Waals surface area contributed by atoms with Crippen LogP contribution in [-0.2, 0) is 9.53 Å². The van der Waals surface area contributed by atoms with E-state index < -0.39 is 5.60 Å². The molecular formula is C18H27NO2. The molecule has 1 aromatic carbocycles. The Morgan fingerprint density at radius 3 is 2.14 bits per heavy atom. The van der Waals surface area contributed by atoms with Crippen molar-refractivity contribution in [2.24, 2.45) is 5.73 Å². The summed E-state index contributed by atoms with van der Waals surface area (Å²) in [6.07, 6.45) is 2.51. The van der Waals surface area contributed by atoms with Crippen LogP contribution >= 0.6 is 0 Å². The average molecular weight is 289 g/mol. The molecule has 21 heavy (non-hydrogen) atoms. The van der Waals surface area contributed by atoms with Gasteiger partial charge in [0, 0.05) is 5.70 Å². The average Bonchev–Trinajstić information content (AvgIpc) is 2.45. The number of rotatable bonds is 3. The molecule has 0 saturated heterocycles. The first-order valence-corrected chi connectivity index (χ1v) is 7.07. The minimum Gasteiger partial charge on any atom is -0.457 e. The lowest BCUT2D eigenvalue weighted by atomic mass is 10.1. The van der Waals surface area contributed by atoms with Gasteiger partial charge >= 0.3 is 5.97 Å². The fourth-order valence-corrected chi connectivity index (χ4v) is 1.34.